The highest BCUT2D eigenvalue weighted by molar-refractivity contribution is 5.35. The zero-order valence-electron chi connectivity index (χ0n) is 12.5. The number of rotatable bonds is 7. The van der Waals surface area contributed by atoms with Gasteiger partial charge < -0.3 is 9.88 Å². The van der Waals surface area contributed by atoms with Crippen LogP contribution < -0.4 is 5.32 Å². The average molecular weight is 273 g/mol. The van der Waals surface area contributed by atoms with Crippen molar-refractivity contribution in [3.05, 3.63) is 42.1 Å². The molecule has 2 heterocycles. The molecular weight excluding hydrogens is 250 g/mol. The number of anilines is 1. The molecule has 0 bridgehead atoms. The molecule has 1 N–H and O–H groups in total. The number of hydrogen-bond donors (Lipinski definition) is 1. The van der Waals surface area contributed by atoms with Gasteiger partial charge in [-0.05, 0) is 25.6 Å². The average Bonchev–Trinajstić information content (AvgIpc) is 2.82. The van der Waals surface area contributed by atoms with E-state index in [-0.39, 0.29) is 0 Å². The van der Waals surface area contributed by atoms with Gasteiger partial charge in [0.2, 0.25) is 0 Å². The van der Waals surface area contributed by atoms with E-state index in [9.17, 15) is 0 Å². The van der Waals surface area contributed by atoms with E-state index in [4.69, 9.17) is 0 Å². The second-order valence-electron chi connectivity index (χ2n) is 5.07. The first-order valence-electron chi connectivity index (χ1n) is 7.03. The molecule has 0 aliphatic carbocycles. The van der Waals surface area contributed by atoms with Crippen LogP contribution in [0.15, 0.2) is 30.6 Å². The molecule has 0 amide bonds. The molecule has 0 radical (unpaired) electrons. The molecule has 2 aromatic rings. The number of aryl methyl sites for hydroxylation is 1. The summed E-state index contributed by atoms with van der Waals surface area (Å²) < 4.78 is 2.04. The van der Waals surface area contributed by atoms with Crippen LogP contribution in [0.2, 0.25) is 0 Å². The molecule has 2 rings (SSSR count). The molecule has 5 heteroatoms. The standard InChI is InChI=1S/C15H23N5/c1-4-8-16-14-7-5-6-13(18-14)11-19(2)12-15-17-9-10-20(15)3/h5-7,9-10H,4,8,11-12H2,1-3H3,(H,16,18). The minimum absolute atomic E-state index is 0.814. The van der Waals surface area contributed by atoms with E-state index in [0.29, 0.717) is 0 Å². The minimum atomic E-state index is 0.814. The quantitative estimate of drug-likeness (QED) is 0.840. The lowest BCUT2D eigenvalue weighted by Crippen LogP contribution is -2.20. The van der Waals surface area contributed by atoms with Crippen molar-refractivity contribution < 1.29 is 0 Å². The fraction of sp³-hybridized carbons (Fsp3) is 0.467. The SMILES string of the molecule is CCCNc1cccc(CN(C)Cc2nccn2C)n1. The monoisotopic (exact) mass is 273 g/mol. The molecule has 0 aromatic carbocycles. The first kappa shape index (κ1) is 14.5. The number of imidazole rings is 1. The topological polar surface area (TPSA) is 46.0 Å². The molecule has 0 spiro atoms. The third kappa shape index (κ3) is 4.06. The third-order valence-electron chi connectivity index (χ3n) is 3.13. The largest absolute Gasteiger partial charge is 0.370 e. The van der Waals surface area contributed by atoms with E-state index in [0.717, 1.165) is 43.4 Å². The number of aromatic nitrogens is 3. The highest BCUT2D eigenvalue weighted by Gasteiger charge is 2.06. The number of nitrogens with zero attached hydrogens (tertiary/aromatic N) is 4. The Balaban J connectivity index is 1.93. The van der Waals surface area contributed by atoms with Gasteiger partial charge in [-0.25, -0.2) is 9.97 Å². The van der Waals surface area contributed by atoms with Crippen LogP contribution in [-0.2, 0) is 20.1 Å². The summed E-state index contributed by atoms with van der Waals surface area (Å²) in [5.74, 6) is 2.02. The summed E-state index contributed by atoms with van der Waals surface area (Å²) in [5, 5.41) is 3.32. The van der Waals surface area contributed by atoms with E-state index >= 15 is 0 Å². The van der Waals surface area contributed by atoms with Crippen LogP contribution in [0.25, 0.3) is 0 Å². The molecule has 0 aliphatic rings. The highest BCUT2D eigenvalue weighted by Crippen LogP contribution is 2.08. The summed E-state index contributed by atoms with van der Waals surface area (Å²) in [6.07, 6.45) is 4.90. The minimum Gasteiger partial charge on any atom is -0.370 e. The second kappa shape index (κ2) is 7.05. The lowest BCUT2D eigenvalue weighted by atomic mass is 10.3. The van der Waals surface area contributed by atoms with Crippen molar-refractivity contribution in [2.24, 2.45) is 7.05 Å². The molecule has 0 saturated heterocycles. The Kier molecular flexibility index (Phi) is 5.12. The van der Waals surface area contributed by atoms with E-state index in [1.807, 2.05) is 30.1 Å². The van der Waals surface area contributed by atoms with Crippen molar-refractivity contribution in [1.82, 2.24) is 19.4 Å². The van der Waals surface area contributed by atoms with Crippen LogP contribution in [-0.4, -0.2) is 33.0 Å². The predicted molar refractivity (Wildman–Crippen MR) is 81.4 cm³/mol. The maximum Gasteiger partial charge on any atom is 0.126 e. The van der Waals surface area contributed by atoms with Crippen molar-refractivity contribution in [3.63, 3.8) is 0 Å². The number of hydrogen-bond acceptors (Lipinski definition) is 4. The van der Waals surface area contributed by atoms with Crippen molar-refractivity contribution in [3.8, 4) is 0 Å². The van der Waals surface area contributed by atoms with Crippen LogP contribution in [0.4, 0.5) is 5.82 Å². The highest BCUT2D eigenvalue weighted by atomic mass is 15.2. The molecule has 5 nitrogen and oxygen atoms in total. The Morgan fingerprint density at radius 2 is 2.15 bits per heavy atom. The van der Waals surface area contributed by atoms with Gasteiger partial charge in [-0.3, -0.25) is 4.90 Å². The van der Waals surface area contributed by atoms with E-state index in [1.165, 1.54) is 0 Å². The van der Waals surface area contributed by atoms with Gasteiger partial charge in [0.1, 0.15) is 11.6 Å². The Hall–Kier alpha value is -1.88. The number of pyridine rings is 1. The Morgan fingerprint density at radius 1 is 1.30 bits per heavy atom. The van der Waals surface area contributed by atoms with Crippen molar-refractivity contribution in [2.45, 2.75) is 26.4 Å². The molecule has 0 aliphatic heterocycles. The van der Waals surface area contributed by atoms with Gasteiger partial charge >= 0.3 is 0 Å². The van der Waals surface area contributed by atoms with Crippen molar-refractivity contribution in [2.75, 3.05) is 18.9 Å². The molecule has 0 saturated carbocycles. The normalized spacial score (nSPS) is 11.0. The fourth-order valence-corrected chi connectivity index (χ4v) is 2.04. The maximum absolute atomic E-state index is 4.62. The predicted octanol–water partition coefficient (Wildman–Crippen LogP) is 2.27. The lowest BCUT2D eigenvalue weighted by molar-refractivity contribution is 0.303. The van der Waals surface area contributed by atoms with Gasteiger partial charge in [0, 0.05) is 32.5 Å². The Morgan fingerprint density at radius 3 is 2.85 bits per heavy atom. The molecule has 108 valence electrons. The Labute approximate surface area is 120 Å². The molecule has 2 aromatic heterocycles. The van der Waals surface area contributed by atoms with E-state index in [2.05, 4.69) is 46.3 Å². The van der Waals surface area contributed by atoms with Crippen LogP contribution >= 0.6 is 0 Å². The fourth-order valence-electron chi connectivity index (χ4n) is 2.04. The molecule has 0 fully saturated rings. The third-order valence-corrected chi connectivity index (χ3v) is 3.13. The molecule has 0 atom stereocenters. The molecule has 0 unspecified atom stereocenters. The Bertz CT molecular complexity index is 535. The summed E-state index contributed by atoms with van der Waals surface area (Å²) in [6.45, 7) is 4.74. The second-order valence-corrected chi connectivity index (χ2v) is 5.07. The van der Waals surface area contributed by atoms with Crippen LogP contribution in [0, 0.1) is 0 Å². The van der Waals surface area contributed by atoms with Crippen LogP contribution in [0.3, 0.4) is 0 Å². The van der Waals surface area contributed by atoms with Crippen LogP contribution in [0.1, 0.15) is 24.9 Å². The first-order valence-corrected chi connectivity index (χ1v) is 7.03. The summed E-state index contributed by atoms with van der Waals surface area (Å²) >= 11 is 0. The van der Waals surface area contributed by atoms with Gasteiger partial charge in [-0.2, -0.15) is 0 Å². The zero-order chi connectivity index (χ0) is 14.4. The van der Waals surface area contributed by atoms with Crippen molar-refractivity contribution >= 4 is 5.82 Å². The summed E-state index contributed by atoms with van der Waals surface area (Å²) in [6, 6.07) is 6.12. The summed E-state index contributed by atoms with van der Waals surface area (Å²) in [5.41, 5.74) is 1.07. The van der Waals surface area contributed by atoms with Gasteiger partial charge in [0.15, 0.2) is 0 Å². The smallest absolute Gasteiger partial charge is 0.126 e. The lowest BCUT2D eigenvalue weighted by Gasteiger charge is -2.16. The van der Waals surface area contributed by atoms with E-state index in [1.54, 1.807) is 0 Å². The zero-order valence-corrected chi connectivity index (χ0v) is 12.5. The van der Waals surface area contributed by atoms with Gasteiger partial charge in [0.25, 0.3) is 0 Å². The van der Waals surface area contributed by atoms with Crippen molar-refractivity contribution in [1.29, 1.82) is 0 Å². The molecular formula is C15H23N5. The first-order chi connectivity index (χ1) is 9.69. The number of nitrogens with one attached hydrogen (secondary N) is 1. The molecule has 20 heavy (non-hydrogen) atoms. The van der Waals surface area contributed by atoms with Gasteiger partial charge in [-0.15, -0.1) is 0 Å². The summed E-state index contributed by atoms with van der Waals surface area (Å²) in [7, 11) is 4.10. The van der Waals surface area contributed by atoms with Gasteiger partial charge in [-0.1, -0.05) is 13.0 Å². The van der Waals surface area contributed by atoms with E-state index < -0.39 is 0 Å². The summed E-state index contributed by atoms with van der Waals surface area (Å²) in [4.78, 5) is 11.2. The van der Waals surface area contributed by atoms with Gasteiger partial charge in [0.05, 0.1) is 12.2 Å². The van der Waals surface area contributed by atoms with Crippen LogP contribution in [0.5, 0.6) is 0 Å². The maximum atomic E-state index is 4.62.